The van der Waals surface area contributed by atoms with Gasteiger partial charge in [-0.15, -0.1) is 11.3 Å². The molecular weight excluding hydrogens is 264 g/mol. The molecule has 0 atom stereocenters. The van der Waals surface area contributed by atoms with Gasteiger partial charge in [0.05, 0.1) is 23.9 Å². The predicted molar refractivity (Wildman–Crippen MR) is 77.7 cm³/mol. The number of ether oxygens (including phenoxy) is 1. The van der Waals surface area contributed by atoms with Crippen LogP contribution in [0.2, 0.25) is 0 Å². The van der Waals surface area contributed by atoms with Gasteiger partial charge in [-0.1, -0.05) is 0 Å². The van der Waals surface area contributed by atoms with Crippen molar-refractivity contribution in [2.75, 3.05) is 32.8 Å². The summed E-state index contributed by atoms with van der Waals surface area (Å²) in [5.41, 5.74) is 1.35. The number of rotatable bonds is 5. The fourth-order valence-corrected chi connectivity index (χ4v) is 3.75. The van der Waals surface area contributed by atoms with Crippen molar-refractivity contribution in [3.8, 4) is 0 Å². The maximum atomic E-state index is 5.37. The summed E-state index contributed by atoms with van der Waals surface area (Å²) in [6.07, 6.45) is 3.74. The van der Waals surface area contributed by atoms with Crippen molar-refractivity contribution in [1.29, 1.82) is 0 Å². The smallest absolute Gasteiger partial charge is 0.0944 e. The quantitative estimate of drug-likeness (QED) is 0.840. The molecule has 0 amide bonds. The van der Waals surface area contributed by atoms with Crippen LogP contribution in [0, 0.1) is 0 Å². The lowest BCUT2D eigenvalue weighted by molar-refractivity contribution is 0.0384. The molecule has 100 valence electrons. The van der Waals surface area contributed by atoms with Crippen molar-refractivity contribution >= 4 is 24.0 Å². The summed E-state index contributed by atoms with van der Waals surface area (Å²) >= 11 is 6.30. The van der Waals surface area contributed by atoms with E-state index in [9.17, 15) is 0 Å². The van der Waals surface area contributed by atoms with E-state index in [0.717, 1.165) is 50.9 Å². The SMILES string of the molecule is SCc1sc(CCN2CCOCC2)nc1C1CC1. The van der Waals surface area contributed by atoms with Gasteiger partial charge < -0.3 is 4.74 Å². The fourth-order valence-electron chi connectivity index (χ4n) is 2.39. The summed E-state index contributed by atoms with van der Waals surface area (Å²) < 4.78 is 5.37. The molecule has 1 saturated heterocycles. The average molecular weight is 284 g/mol. The Hall–Kier alpha value is -0.100. The molecule has 0 unspecified atom stereocenters. The molecule has 2 fully saturated rings. The number of thiazole rings is 1. The second kappa shape index (κ2) is 5.90. The van der Waals surface area contributed by atoms with E-state index in [2.05, 4.69) is 17.5 Å². The number of hydrogen-bond donors (Lipinski definition) is 1. The number of aromatic nitrogens is 1. The monoisotopic (exact) mass is 284 g/mol. The van der Waals surface area contributed by atoms with Gasteiger partial charge >= 0.3 is 0 Å². The molecule has 0 aromatic carbocycles. The Morgan fingerprint density at radius 2 is 2.11 bits per heavy atom. The summed E-state index contributed by atoms with van der Waals surface area (Å²) in [5, 5.41) is 1.30. The lowest BCUT2D eigenvalue weighted by atomic mass is 10.2. The molecule has 0 N–H and O–H groups in total. The molecule has 18 heavy (non-hydrogen) atoms. The van der Waals surface area contributed by atoms with Crippen molar-refractivity contribution < 1.29 is 4.74 Å². The zero-order valence-electron chi connectivity index (χ0n) is 10.6. The molecule has 2 heterocycles. The molecule has 0 bridgehead atoms. The van der Waals surface area contributed by atoms with Crippen molar-refractivity contribution in [3.63, 3.8) is 0 Å². The van der Waals surface area contributed by atoms with Crippen LogP contribution < -0.4 is 0 Å². The van der Waals surface area contributed by atoms with Crippen LogP contribution in [0.4, 0.5) is 0 Å². The van der Waals surface area contributed by atoms with E-state index in [-0.39, 0.29) is 0 Å². The second-order valence-corrected chi connectivity index (χ2v) is 6.54. The van der Waals surface area contributed by atoms with E-state index in [1.165, 1.54) is 28.4 Å². The number of thiol groups is 1. The molecule has 1 aliphatic carbocycles. The van der Waals surface area contributed by atoms with E-state index in [1.54, 1.807) is 0 Å². The lowest BCUT2D eigenvalue weighted by Crippen LogP contribution is -2.37. The van der Waals surface area contributed by atoms with Crippen LogP contribution in [0.15, 0.2) is 0 Å². The molecule has 1 saturated carbocycles. The molecular formula is C13H20N2OS2. The maximum Gasteiger partial charge on any atom is 0.0944 e. The minimum absolute atomic E-state index is 0.750. The van der Waals surface area contributed by atoms with E-state index in [4.69, 9.17) is 9.72 Å². The van der Waals surface area contributed by atoms with E-state index < -0.39 is 0 Å². The predicted octanol–water partition coefficient (Wildman–Crippen LogP) is 2.33. The first-order valence-corrected chi connectivity index (χ1v) is 8.21. The minimum atomic E-state index is 0.750. The molecule has 1 aliphatic heterocycles. The summed E-state index contributed by atoms with van der Waals surface area (Å²) in [7, 11) is 0. The first-order valence-electron chi connectivity index (χ1n) is 6.76. The molecule has 2 aliphatic rings. The van der Waals surface area contributed by atoms with Gasteiger partial charge in [0, 0.05) is 42.6 Å². The molecule has 0 radical (unpaired) electrons. The number of morpholine rings is 1. The summed E-state index contributed by atoms with van der Waals surface area (Å²) in [4.78, 5) is 8.71. The highest BCUT2D eigenvalue weighted by atomic mass is 32.1. The van der Waals surface area contributed by atoms with E-state index in [1.807, 2.05) is 11.3 Å². The number of nitrogens with zero attached hydrogens (tertiary/aromatic N) is 2. The van der Waals surface area contributed by atoms with Crippen molar-refractivity contribution in [2.45, 2.75) is 30.9 Å². The third-order valence-corrected chi connectivity index (χ3v) is 5.29. The normalized spacial score (nSPS) is 21.4. The first kappa shape index (κ1) is 12.9. The maximum absolute atomic E-state index is 5.37. The second-order valence-electron chi connectivity index (χ2n) is 5.05. The molecule has 5 heteroatoms. The van der Waals surface area contributed by atoms with Gasteiger partial charge in [-0.2, -0.15) is 12.6 Å². The fraction of sp³-hybridized carbons (Fsp3) is 0.769. The van der Waals surface area contributed by atoms with Crippen molar-refractivity contribution in [2.24, 2.45) is 0 Å². The van der Waals surface area contributed by atoms with Gasteiger partial charge in [0.15, 0.2) is 0 Å². The first-order chi connectivity index (χ1) is 8.86. The Kier molecular flexibility index (Phi) is 4.23. The van der Waals surface area contributed by atoms with Crippen LogP contribution in [0.25, 0.3) is 0 Å². The standard InChI is InChI=1S/C13H20N2OS2/c17-9-11-13(10-1-2-10)14-12(18-11)3-4-15-5-7-16-8-6-15/h10,17H,1-9H2. The number of hydrogen-bond acceptors (Lipinski definition) is 5. The van der Waals surface area contributed by atoms with Crippen LogP contribution in [0.1, 0.15) is 34.3 Å². The van der Waals surface area contributed by atoms with Crippen LogP contribution >= 0.6 is 24.0 Å². The van der Waals surface area contributed by atoms with Crippen LogP contribution in [-0.4, -0.2) is 42.7 Å². The third-order valence-electron chi connectivity index (χ3n) is 3.63. The largest absolute Gasteiger partial charge is 0.379 e. The average Bonchev–Trinajstić information content (AvgIpc) is 3.18. The van der Waals surface area contributed by atoms with Gasteiger partial charge in [-0.3, -0.25) is 4.90 Å². The van der Waals surface area contributed by atoms with Gasteiger partial charge in [-0.05, 0) is 12.8 Å². The van der Waals surface area contributed by atoms with Gasteiger partial charge in [0.1, 0.15) is 0 Å². The van der Waals surface area contributed by atoms with Gasteiger partial charge in [-0.25, -0.2) is 4.98 Å². The molecule has 0 spiro atoms. The summed E-state index contributed by atoms with van der Waals surface area (Å²) in [6, 6.07) is 0. The van der Waals surface area contributed by atoms with E-state index >= 15 is 0 Å². The van der Waals surface area contributed by atoms with Crippen LogP contribution in [0.3, 0.4) is 0 Å². The van der Waals surface area contributed by atoms with Crippen LogP contribution in [-0.2, 0) is 16.9 Å². The Bertz CT molecular complexity index is 398. The lowest BCUT2D eigenvalue weighted by Gasteiger charge is -2.25. The zero-order valence-corrected chi connectivity index (χ0v) is 12.3. The van der Waals surface area contributed by atoms with E-state index in [0.29, 0.717) is 0 Å². The Balaban J connectivity index is 1.58. The Morgan fingerprint density at radius 1 is 1.33 bits per heavy atom. The highest BCUT2D eigenvalue weighted by molar-refractivity contribution is 7.79. The van der Waals surface area contributed by atoms with Crippen LogP contribution in [0.5, 0.6) is 0 Å². The summed E-state index contributed by atoms with van der Waals surface area (Å²) in [6.45, 7) is 5.02. The topological polar surface area (TPSA) is 25.4 Å². The molecule has 3 rings (SSSR count). The molecule has 1 aromatic heterocycles. The van der Waals surface area contributed by atoms with Gasteiger partial charge in [0.25, 0.3) is 0 Å². The van der Waals surface area contributed by atoms with Crippen molar-refractivity contribution in [1.82, 2.24) is 9.88 Å². The van der Waals surface area contributed by atoms with Gasteiger partial charge in [0.2, 0.25) is 0 Å². The minimum Gasteiger partial charge on any atom is -0.379 e. The van der Waals surface area contributed by atoms with Crippen molar-refractivity contribution in [3.05, 3.63) is 15.6 Å². The Morgan fingerprint density at radius 3 is 2.78 bits per heavy atom. The highest BCUT2D eigenvalue weighted by Gasteiger charge is 2.29. The third kappa shape index (κ3) is 3.07. The highest BCUT2D eigenvalue weighted by Crippen LogP contribution is 2.43. The Labute approximate surface area is 118 Å². The molecule has 3 nitrogen and oxygen atoms in total. The summed E-state index contributed by atoms with van der Waals surface area (Å²) in [5.74, 6) is 1.60. The molecule has 1 aromatic rings. The zero-order chi connectivity index (χ0) is 12.4.